The average Bonchev–Trinajstić information content (AvgIpc) is 3.03. The first-order valence-corrected chi connectivity index (χ1v) is 14.7. The number of hydrogen-bond donors (Lipinski definition) is 4. The molecule has 0 aromatic rings. The SMILES string of the molecule is O=C=NCCCCCCN=C=O.O=C=NCCCCCCNC(=O)OCCOC(=O)NCCCCCCN=C=O.OCCO. The summed E-state index contributed by atoms with van der Waals surface area (Å²) in [6, 6.07) is 0. The highest BCUT2D eigenvalue weighted by Gasteiger charge is 2.04. The van der Waals surface area contributed by atoms with Crippen LogP contribution in [-0.4, -0.2) is 112 Å². The summed E-state index contributed by atoms with van der Waals surface area (Å²) in [5.41, 5.74) is 0. The first kappa shape index (κ1) is 44.4. The average molecular weight is 629 g/mol. The van der Waals surface area contributed by atoms with Crippen LogP contribution in [0.4, 0.5) is 9.59 Å². The Labute approximate surface area is 258 Å². The number of amides is 2. The van der Waals surface area contributed by atoms with E-state index in [1.807, 2.05) is 0 Å². The van der Waals surface area contributed by atoms with E-state index in [1.165, 1.54) is 24.3 Å². The van der Waals surface area contributed by atoms with Gasteiger partial charge < -0.3 is 30.3 Å². The minimum Gasteiger partial charge on any atom is -0.446 e. The Kier molecular flexibility index (Phi) is 43.8. The molecule has 0 aromatic heterocycles. The van der Waals surface area contributed by atoms with Gasteiger partial charge in [0.2, 0.25) is 24.3 Å². The van der Waals surface area contributed by atoms with Gasteiger partial charge in [0.25, 0.3) is 0 Å². The van der Waals surface area contributed by atoms with Gasteiger partial charge >= 0.3 is 12.2 Å². The zero-order chi connectivity index (χ0) is 33.2. The molecule has 0 saturated carbocycles. The molecule has 16 heteroatoms. The van der Waals surface area contributed by atoms with Crippen LogP contribution in [0.25, 0.3) is 0 Å². The predicted molar refractivity (Wildman–Crippen MR) is 160 cm³/mol. The zero-order valence-electron chi connectivity index (χ0n) is 25.5. The lowest BCUT2D eigenvalue weighted by Crippen LogP contribution is -2.29. The van der Waals surface area contributed by atoms with E-state index < -0.39 is 12.2 Å². The van der Waals surface area contributed by atoms with Gasteiger partial charge in [-0.3, -0.25) is 0 Å². The lowest BCUT2D eigenvalue weighted by Gasteiger charge is -2.08. The lowest BCUT2D eigenvalue weighted by atomic mass is 10.2. The van der Waals surface area contributed by atoms with E-state index in [0.717, 1.165) is 77.0 Å². The van der Waals surface area contributed by atoms with Crippen molar-refractivity contribution in [2.45, 2.75) is 77.0 Å². The number of nitrogens with one attached hydrogen (secondary N) is 2. The van der Waals surface area contributed by atoms with Crippen LogP contribution in [0.15, 0.2) is 20.0 Å². The molecule has 0 heterocycles. The molecule has 0 rings (SSSR count). The van der Waals surface area contributed by atoms with Crippen LogP contribution < -0.4 is 10.6 Å². The zero-order valence-corrected chi connectivity index (χ0v) is 25.5. The molecule has 4 N–H and O–H groups in total. The molecule has 0 spiro atoms. The first-order chi connectivity index (χ1) is 21.5. The van der Waals surface area contributed by atoms with Crippen molar-refractivity contribution in [1.82, 2.24) is 10.6 Å². The maximum Gasteiger partial charge on any atom is 0.407 e. The molecule has 0 unspecified atom stereocenters. The van der Waals surface area contributed by atoms with E-state index in [4.69, 9.17) is 19.7 Å². The molecule has 0 radical (unpaired) electrons. The van der Waals surface area contributed by atoms with Gasteiger partial charge in [0, 0.05) is 13.1 Å². The van der Waals surface area contributed by atoms with Gasteiger partial charge in [0.05, 0.1) is 39.4 Å². The molecular formula is C28H48N6O10. The quantitative estimate of drug-likeness (QED) is 0.0654. The van der Waals surface area contributed by atoms with E-state index in [9.17, 15) is 28.8 Å². The fourth-order valence-electron chi connectivity index (χ4n) is 3.01. The normalized spacial score (nSPS) is 9.05. The van der Waals surface area contributed by atoms with Gasteiger partial charge in [0.1, 0.15) is 13.2 Å². The van der Waals surface area contributed by atoms with Gasteiger partial charge in [-0.2, -0.15) is 0 Å². The highest BCUT2D eigenvalue weighted by atomic mass is 16.6. The van der Waals surface area contributed by atoms with Crippen molar-refractivity contribution in [3.8, 4) is 0 Å². The van der Waals surface area contributed by atoms with Crippen LogP contribution in [0.2, 0.25) is 0 Å². The molecule has 0 atom stereocenters. The van der Waals surface area contributed by atoms with Crippen LogP contribution >= 0.6 is 0 Å². The van der Waals surface area contributed by atoms with Crippen LogP contribution in [0.1, 0.15) is 77.0 Å². The smallest absolute Gasteiger partial charge is 0.407 e. The van der Waals surface area contributed by atoms with Gasteiger partial charge in [0.15, 0.2) is 0 Å². The van der Waals surface area contributed by atoms with E-state index in [1.54, 1.807) is 0 Å². The number of hydrogen-bond acceptors (Lipinski definition) is 14. The highest BCUT2D eigenvalue weighted by Crippen LogP contribution is 2.00. The largest absolute Gasteiger partial charge is 0.446 e. The van der Waals surface area contributed by atoms with Gasteiger partial charge in [-0.05, 0) is 38.5 Å². The van der Waals surface area contributed by atoms with Crippen molar-refractivity contribution in [3.63, 3.8) is 0 Å². The van der Waals surface area contributed by atoms with E-state index in [2.05, 4.69) is 30.6 Å². The second kappa shape index (κ2) is 43.4. The van der Waals surface area contributed by atoms with Crippen LogP contribution in [0, 0.1) is 0 Å². The predicted octanol–water partition coefficient (Wildman–Crippen LogP) is 2.42. The fourth-order valence-corrected chi connectivity index (χ4v) is 3.01. The summed E-state index contributed by atoms with van der Waals surface area (Å²) in [5.74, 6) is 0. The number of ether oxygens (including phenoxy) is 2. The number of carbonyl (C=O) groups is 2. The summed E-state index contributed by atoms with van der Waals surface area (Å²) in [7, 11) is 0. The lowest BCUT2D eigenvalue weighted by molar-refractivity contribution is 0.0956. The Hall–Kier alpha value is -4.02. The van der Waals surface area contributed by atoms with Crippen LogP contribution in [0.3, 0.4) is 0 Å². The maximum atomic E-state index is 11.4. The van der Waals surface area contributed by atoms with Gasteiger partial charge in [-0.25, -0.2) is 48.7 Å². The van der Waals surface area contributed by atoms with Crippen molar-refractivity contribution in [2.24, 2.45) is 20.0 Å². The van der Waals surface area contributed by atoms with E-state index in [0.29, 0.717) is 39.3 Å². The minimum atomic E-state index is -0.548. The highest BCUT2D eigenvalue weighted by molar-refractivity contribution is 5.67. The standard InChI is InChI=1S/C18H30N4O6.C8H12N2O2.C2H6O2/c23-15-19-9-5-1-3-7-11-21-17(25)27-13-14-28-18(26)22-12-8-4-2-6-10-20-16-24;11-7-9-5-3-1-2-4-6-10-8-12;3-1-2-4/h1-14H2,(H,21,25)(H,22,26);1-6H2;3-4H,1-2H2. The number of rotatable bonds is 25. The van der Waals surface area contributed by atoms with E-state index >= 15 is 0 Å². The number of carbonyl (C=O) groups excluding carboxylic acids is 6. The van der Waals surface area contributed by atoms with Gasteiger partial charge in [-0.15, -0.1) is 0 Å². The fraction of sp³-hybridized carbons (Fsp3) is 0.786. The number of aliphatic hydroxyl groups excluding tert-OH is 2. The second-order valence-electron chi connectivity index (χ2n) is 8.71. The number of alkyl carbamates (subject to hydrolysis) is 2. The maximum absolute atomic E-state index is 11.4. The molecular weight excluding hydrogens is 580 g/mol. The summed E-state index contributed by atoms with van der Waals surface area (Å²) in [4.78, 5) is 75.6. The van der Waals surface area contributed by atoms with Crippen LogP contribution in [-0.2, 0) is 28.7 Å². The molecule has 0 saturated heterocycles. The van der Waals surface area contributed by atoms with Crippen LogP contribution in [0.5, 0.6) is 0 Å². The number of aliphatic imine (C=N–C) groups is 4. The van der Waals surface area contributed by atoms with Crippen molar-refractivity contribution in [2.75, 3.05) is 65.7 Å². The van der Waals surface area contributed by atoms with E-state index in [-0.39, 0.29) is 26.4 Å². The molecule has 0 fully saturated rings. The number of aliphatic hydroxyl groups is 2. The topological polar surface area (TPSA) is 235 Å². The summed E-state index contributed by atoms with van der Waals surface area (Å²) < 4.78 is 9.79. The molecule has 0 aliphatic heterocycles. The number of nitrogens with zero attached hydrogens (tertiary/aromatic N) is 4. The monoisotopic (exact) mass is 628 g/mol. The Morgan fingerprint density at radius 1 is 0.477 bits per heavy atom. The van der Waals surface area contributed by atoms with Gasteiger partial charge in [-0.1, -0.05) is 38.5 Å². The molecule has 0 aromatic carbocycles. The summed E-state index contributed by atoms with van der Waals surface area (Å²) >= 11 is 0. The molecule has 2 amide bonds. The Bertz CT molecular complexity index is 797. The molecule has 0 bridgehead atoms. The summed E-state index contributed by atoms with van der Waals surface area (Å²) in [6.45, 7) is 2.81. The minimum absolute atomic E-state index is 0.0137. The third-order valence-electron chi connectivity index (χ3n) is 5.13. The van der Waals surface area contributed by atoms with Crippen molar-refractivity contribution >= 4 is 36.5 Å². The molecule has 44 heavy (non-hydrogen) atoms. The molecule has 0 aliphatic rings. The van der Waals surface area contributed by atoms with Crippen molar-refractivity contribution < 1.29 is 48.5 Å². The number of unbranched alkanes of at least 4 members (excludes halogenated alkanes) is 9. The first-order valence-electron chi connectivity index (χ1n) is 14.7. The number of isocyanates is 4. The summed E-state index contributed by atoms with van der Waals surface area (Å²) in [6.07, 6.45) is 15.7. The third kappa shape index (κ3) is 47.8. The summed E-state index contributed by atoms with van der Waals surface area (Å²) in [5, 5.41) is 20.5. The molecule has 16 nitrogen and oxygen atoms in total. The Balaban J connectivity index is -0.000000864. The Morgan fingerprint density at radius 2 is 0.750 bits per heavy atom. The molecule has 0 aliphatic carbocycles. The van der Waals surface area contributed by atoms with Crippen molar-refractivity contribution in [1.29, 1.82) is 0 Å². The molecule has 250 valence electrons. The third-order valence-corrected chi connectivity index (χ3v) is 5.13. The Morgan fingerprint density at radius 3 is 1.00 bits per heavy atom. The van der Waals surface area contributed by atoms with Crippen molar-refractivity contribution in [3.05, 3.63) is 0 Å². The second-order valence-corrected chi connectivity index (χ2v) is 8.71.